The van der Waals surface area contributed by atoms with Crippen LogP contribution in [0, 0.1) is 0 Å². The van der Waals surface area contributed by atoms with Crippen molar-refractivity contribution in [3.05, 3.63) is 60.8 Å². The van der Waals surface area contributed by atoms with Crippen LogP contribution in [0.2, 0.25) is 0 Å². The summed E-state index contributed by atoms with van der Waals surface area (Å²) in [5.74, 6) is -0.879. The van der Waals surface area contributed by atoms with E-state index in [0.29, 0.717) is 19.3 Å². The van der Waals surface area contributed by atoms with Crippen LogP contribution in [0.3, 0.4) is 0 Å². The van der Waals surface area contributed by atoms with E-state index < -0.39 is 6.10 Å². The Kier molecular flexibility index (Phi) is 66.1. The second-order valence-corrected chi connectivity index (χ2v) is 23.8. The molecule has 0 aliphatic rings. The summed E-state index contributed by atoms with van der Waals surface area (Å²) in [6, 6.07) is 0. The molecule has 0 saturated carbocycles. The van der Waals surface area contributed by atoms with Gasteiger partial charge in [-0.3, -0.25) is 14.4 Å². The average Bonchev–Trinajstić information content (AvgIpc) is 3.46. The zero-order chi connectivity index (χ0) is 57.8. The van der Waals surface area contributed by atoms with E-state index >= 15 is 0 Å². The predicted octanol–water partition coefficient (Wildman–Crippen LogP) is 24.3. The highest BCUT2D eigenvalue weighted by Gasteiger charge is 2.19. The zero-order valence-corrected chi connectivity index (χ0v) is 53.6. The minimum atomic E-state index is -0.784. The monoisotopic (exact) mass is 1120 g/mol. The molecular weight excluding hydrogens is 985 g/mol. The fraction of sp³-hybridized carbons (Fsp3) is 0.824. The molecule has 0 aromatic carbocycles. The molecule has 0 aromatic rings. The van der Waals surface area contributed by atoms with Gasteiger partial charge < -0.3 is 14.2 Å². The van der Waals surface area contributed by atoms with Gasteiger partial charge in [0.2, 0.25) is 0 Å². The second-order valence-electron chi connectivity index (χ2n) is 23.8. The lowest BCUT2D eigenvalue weighted by Gasteiger charge is -2.18. The molecule has 0 spiro atoms. The third kappa shape index (κ3) is 65.9. The lowest BCUT2D eigenvalue weighted by molar-refractivity contribution is -0.167. The lowest BCUT2D eigenvalue weighted by atomic mass is 10.0. The van der Waals surface area contributed by atoms with Gasteiger partial charge in [0.1, 0.15) is 13.2 Å². The van der Waals surface area contributed by atoms with Gasteiger partial charge in [0, 0.05) is 19.3 Å². The van der Waals surface area contributed by atoms with Crippen LogP contribution >= 0.6 is 0 Å². The fourth-order valence-electron chi connectivity index (χ4n) is 10.5. The maximum atomic E-state index is 12.9. The van der Waals surface area contributed by atoms with E-state index in [1.54, 1.807) is 0 Å². The van der Waals surface area contributed by atoms with Crippen molar-refractivity contribution >= 4 is 17.9 Å². The highest BCUT2D eigenvalue weighted by atomic mass is 16.6. The van der Waals surface area contributed by atoms with Crippen LogP contribution in [-0.4, -0.2) is 37.2 Å². The van der Waals surface area contributed by atoms with E-state index in [2.05, 4.69) is 81.5 Å². The van der Waals surface area contributed by atoms with E-state index in [1.807, 2.05) is 0 Å². The SMILES string of the molecule is CC/C=C\C/C=C\C/C=C\CCCCCCCC(=O)OCC(COC(=O)CCCCCCCCCCCCCCCCCCC/C=C\CCCCCCCCCC)OC(=O)CCCCCCCCC/C=C\CCCCCCCCC. The first kappa shape index (κ1) is 77.1. The van der Waals surface area contributed by atoms with Crippen LogP contribution in [0.15, 0.2) is 60.8 Å². The lowest BCUT2D eigenvalue weighted by Crippen LogP contribution is -2.30. The number of carbonyl (C=O) groups is 3. The van der Waals surface area contributed by atoms with Crippen LogP contribution in [0.5, 0.6) is 0 Å². The molecule has 0 saturated heterocycles. The Morgan fingerprint density at radius 1 is 0.263 bits per heavy atom. The van der Waals surface area contributed by atoms with Gasteiger partial charge in [-0.15, -0.1) is 0 Å². The molecule has 6 nitrogen and oxygen atoms in total. The Bertz CT molecular complexity index is 1430. The van der Waals surface area contributed by atoms with Crippen molar-refractivity contribution in [2.45, 2.75) is 380 Å². The summed E-state index contributed by atoms with van der Waals surface area (Å²) in [5, 5.41) is 0. The summed E-state index contributed by atoms with van der Waals surface area (Å²) in [6.07, 6.45) is 88.3. The van der Waals surface area contributed by atoms with Crippen molar-refractivity contribution in [1.29, 1.82) is 0 Å². The first-order chi connectivity index (χ1) is 39.5. The van der Waals surface area contributed by atoms with Crippen LogP contribution in [0.4, 0.5) is 0 Å². The molecule has 0 radical (unpaired) electrons. The summed E-state index contributed by atoms with van der Waals surface area (Å²) in [4.78, 5) is 38.4. The molecule has 1 atom stereocenters. The van der Waals surface area contributed by atoms with Crippen molar-refractivity contribution in [2.75, 3.05) is 13.2 Å². The van der Waals surface area contributed by atoms with E-state index in [1.165, 1.54) is 238 Å². The number of ether oxygens (including phenoxy) is 3. The van der Waals surface area contributed by atoms with Crippen molar-refractivity contribution < 1.29 is 28.6 Å². The predicted molar refractivity (Wildman–Crippen MR) is 348 cm³/mol. The minimum absolute atomic E-state index is 0.0784. The van der Waals surface area contributed by atoms with Gasteiger partial charge in [0.25, 0.3) is 0 Å². The molecule has 0 aliphatic carbocycles. The third-order valence-corrected chi connectivity index (χ3v) is 15.7. The molecule has 6 heteroatoms. The minimum Gasteiger partial charge on any atom is -0.462 e. The number of rotatable bonds is 65. The van der Waals surface area contributed by atoms with Crippen LogP contribution in [-0.2, 0) is 28.6 Å². The number of allylic oxidation sites excluding steroid dienone is 10. The smallest absolute Gasteiger partial charge is 0.306 e. The van der Waals surface area contributed by atoms with Gasteiger partial charge in [0.15, 0.2) is 6.10 Å². The summed E-state index contributed by atoms with van der Waals surface area (Å²) >= 11 is 0. The number of carbonyl (C=O) groups excluding carboxylic acids is 3. The third-order valence-electron chi connectivity index (χ3n) is 15.7. The van der Waals surface area contributed by atoms with Gasteiger partial charge in [0.05, 0.1) is 0 Å². The largest absolute Gasteiger partial charge is 0.462 e. The fourth-order valence-corrected chi connectivity index (χ4v) is 10.5. The Morgan fingerprint density at radius 2 is 0.487 bits per heavy atom. The molecule has 466 valence electrons. The standard InChI is InChI=1S/C74H134O6/c1-4-7-10-13-16-19-22-25-28-30-32-33-34-35-36-37-38-39-40-41-42-44-46-49-52-55-58-61-64-67-73(76)79-70-71(69-78-72(75)66-63-60-57-54-51-48-45-27-24-21-18-15-12-9-6-3)80-74(77)68-65-62-59-56-53-50-47-43-31-29-26-23-20-17-14-11-8-5-2/h9,12,18,21,27,29-32,45,71H,4-8,10-11,13-17,19-20,22-26,28,33-44,46-70H2,1-3H3/b12-9-,21-18-,31-29-,32-30-,45-27-. The first-order valence-corrected chi connectivity index (χ1v) is 35.3. The summed E-state index contributed by atoms with van der Waals surface area (Å²) in [5.41, 5.74) is 0. The van der Waals surface area contributed by atoms with Gasteiger partial charge >= 0.3 is 17.9 Å². The number of hydrogen-bond acceptors (Lipinski definition) is 6. The molecule has 0 aromatic heterocycles. The number of hydrogen-bond donors (Lipinski definition) is 0. The topological polar surface area (TPSA) is 78.9 Å². The van der Waals surface area contributed by atoms with Crippen LogP contribution in [0.1, 0.15) is 374 Å². The van der Waals surface area contributed by atoms with Crippen molar-refractivity contribution in [1.82, 2.24) is 0 Å². The quantitative estimate of drug-likeness (QED) is 0.0261. The van der Waals surface area contributed by atoms with Gasteiger partial charge in [-0.2, -0.15) is 0 Å². The van der Waals surface area contributed by atoms with E-state index in [9.17, 15) is 14.4 Å². The highest BCUT2D eigenvalue weighted by Crippen LogP contribution is 2.18. The van der Waals surface area contributed by atoms with E-state index in [-0.39, 0.29) is 31.1 Å². The van der Waals surface area contributed by atoms with Crippen molar-refractivity contribution in [2.24, 2.45) is 0 Å². The number of unbranched alkanes of at least 4 members (excludes halogenated alkanes) is 44. The molecule has 0 rings (SSSR count). The van der Waals surface area contributed by atoms with Crippen molar-refractivity contribution in [3.63, 3.8) is 0 Å². The maximum Gasteiger partial charge on any atom is 0.306 e. The Hall–Kier alpha value is -2.89. The summed E-state index contributed by atoms with van der Waals surface area (Å²) in [6.45, 7) is 6.57. The number of esters is 3. The molecule has 1 unspecified atom stereocenters. The molecule has 0 N–H and O–H groups in total. The Balaban J connectivity index is 4.23. The molecule has 0 fully saturated rings. The second kappa shape index (κ2) is 68.6. The summed E-state index contributed by atoms with van der Waals surface area (Å²) < 4.78 is 17.0. The maximum absolute atomic E-state index is 12.9. The molecule has 0 bridgehead atoms. The Labute approximate surface area is 498 Å². The van der Waals surface area contributed by atoms with E-state index in [4.69, 9.17) is 14.2 Å². The summed E-state index contributed by atoms with van der Waals surface area (Å²) in [7, 11) is 0. The normalized spacial score (nSPS) is 12.4. The molecule has 0 amide bonds. The highest BCUT2D eigenvalue weighted by molar-refractivity contribution is 5.71. The zero-order valence-electron chi connectivity index (χ0n) is 53.6. The molecular formula is C74H134O6. The van der Waals surface area contributed by atoms with Gasteiger partial charge in [-0.1, -0.05) is 313 Å². The van der Waals surface area contributed by atoms with Crippen LogP contribution < -0.4 is 0 Å². The molecule has 0 aliphatic heterocycles. The Morgan fingerprint density at radius 3 is 0.775 bits per heavy atom. The van der Waals surface area contributed by atoms with Gasteiger partial charge in [-0.25, -0.2) is 0 Å². The average molecular weight is 1120 g/mol. The van der Waals surface area contributed by atoms with Crippen molar-refractivity contribution in [3.8, 4) is 0 Å². The van der Waals surface area contributed by atoms with Crippen LogP contribution in [0.25, 0.3) is 0 Å². The van der Waals surface area contributed by atoms with E-state index in [0.717, 1.165) is 96.3 Å². The van der Waals surface area contributed by atoms with Gasteiger partial charge in [-0.05, 0) is 103 Å². The first-order valence-electron chi connectivity index (χ1n) is 35.3. The molecule has 0 heterocycles. The molecule has 80 heavy (non-hydrogen) atoms.